The van der Waals surface area contributed by atoms with Crippen LogP contribution in [0.15, 0.2) is 12.5 Å². The van der Waals surface area contributed by atoms with Crippen LogP contribution in [-0.4, -0.2) is 56.3 Å². The van der Waals surface area contributed by atoms with Crippen LogP contribution in [0.5, 0.6) is 0 Å². The molecular formula is C27H33N5OS. The molecule has 0 aromatic carbocycles. The number of piperidine rings is 1. The van der Waals surface area contributed by atoms with Crippen molar-refractivity contribution >= 4 is 27.2 Å². The molecule has 7 rings (SSSR count). The minimum absolute atomic E-state index is 0.435. The van der Waals surface area contributed by atoms with Gasteiger partial charge in [0.15, 0.2) is 5.65 Å². The summed E-state index contributed by atoms with van der Waals surface area (Å²) in [7, 11) is 0. The second-order valence-corrected chi connectivity index (χ2v) is 12.1. The average molecular weight is 476 g/mol. The minimum Gasteiger partial charge on any atom is -0.378 e. The summed E-state index contributed by atoms with van der Waals surface area (Å²) in [5.41, 5.74) is 8.88. The van der Waals surface area contributed by atoms with Crippen LogP contribution in [0.4, 0.5) is 0 Å². The smallest absolute Gasteiger partial charge is 0.158 e. The van der Waals surface area contributed by atoms with Crippen molar-refractivity contribution in [2.45, 2.75) is 71.4 Å². The molecule has 0 amide bonds. The summed E-state index contributed by atoms with van der Waals surface area (Å²) >= 11 is 2.02. The van der Waals surface area contributed by atoms with Crippen molar-refractivity contribution in [3.63, 3.8) is 0 Å². The Morgan fingerprint density at radius 3 is 2.59 bits per heavy atom. The molecular weight excluding hydrogens is 442 g/mol. The van der Waals surface area contributed by atoms with Gasteiger partial charge in [-0.05, 0) is 73.6 Å². The first-order valence-corrected chi connectivity index (χ1v) is 13.5. The van der Waals surface area contributed by atoms with Gasteiger partial charge in [0.05, 0.1) is 24.9 Å². The number of nitrogens with zero attached hydrogens (tertiary/aromatic N) is 4. The minimum atomic E-state index is 0.435. The first kappa shape index (κ1) is 21.1. The van der Waals surface area contributed by atoms with Crippen LogP contribution in [0.1, 0.15) is 65.7 Å². The summed E-state index contributed by atoms with van der Waals surface area (Å²) in [5, 5.41) is 5.91. The molecule has 1 aliphatic carbocycles. The predicted molar refractivity (Wildman–Crippen MR) is 137 cm³/mol. The molecule has 4 aromatic rings. The number of pyridine rings is 1. The number of hydrogen-bond donors (Lipinski definition) is 1. The van der Waals surface area contributed by atoms with Gasteiger partial charge in [-0.2, -0.15) is 5.10 Å². The summed E-state index contributed by atoms with van der Waals surface area (Å²) in [6.07, 6.45) is 6.48. The van der Waals surface area contributed by atoms with Gasteiger partial charge in [0, 0.05) is 34.6 Å². The number of thiophene rings is 1. The fourth-order valence-electron chi connectivity index (χ4n) is 7.02. The van der Waals surface area contributed by atoms with E-state index >= 15 is 0 Å². The maximum Gasteiger partial charge on any atom is 0.158 e. The Kier molecular flexibility index (Phi) is 4.58. The van der Waals surface area contributed by atoms with Gasteiger partial charge in [0.2, 0.25) is 0 Å². The van der Waals surface area contributed by atoms with Crippen molar-refractivity contribution < 1.29 is 4.74 Å². The molecule has 178 valence electrons. The van der Waals surface area contributed by atoms with E-state index in [1.807, 2.05) is 15.9 Å². The van der Waals surface area contributed by atoms with Crippen molar-refractivity contribution in [1.82, 2.24) is 24.5 Å². The van der Waals surface area contributed by atoms with Crippen LogP contribution in [0.3, 0.4) is 0 Å². The monoisotopic (exact) mass is 475 g/mol. The SMILES string of the molecule is Cc1c(-c2[nH]c3sc([C@@H]4C[C@@H]5C[C@H]4CN5C4COC4)c(C)c3c2C(C)C)cn2ncnc2c1C. The average Bonchev–Trinajstić information content (AvgIpc) is 3.56. The number of aromatic nitrogens is 4. The van der Waals surface area contributed by atoms with Crippen LogP contribution in [0.2, 0.25) is 0 Å². The number of fused-ring (bicyclic) bond motifs is 4. The Bertz CT molecular complexity index is 1420. The van der Waals surface area contributed by atoms with Gasteiger partial charge in [-0.3, -0.25) is 4.90 Å². The van der Waals surface area contributed by atoms with Crippen LogP contribution >= 0.6 is 11.3 Å². The van der Waals surface area contributed by atoms with E-state index in [4.69, 9.17) is 4.74 Å². The molecule has 3 fully saturated rings. The van der Waals surface area contributed by atoms with E-state index in [2.05, 4.69) is 60.8 Å². The second kappa shape index (κ2) is 7.39. The summed E-state index contributed by atoms with van der Waals surface area (Å²) in [4.78, 5) is 14.1. The summed E-state index contributed by atoms with van der Waals surface area (Å²) in [5.74, 6) is 1.95. The highest BCUT2D eigenvalue weighted by Crippen LogP contribution is 2.53. The van der Waals surface area contributed by atoms with Gasteiger partial charge in [0.25, 0.3) is 0 Å². The predicted octanol–water partition coefficient (Wildman–Crippen LogP) is 5.56. The van der Waals surface area contributed by atoms with Gasteiger partial charge in [0.1, 0.15) is 11.2 Å². The van der Waals surface area contributed by atoms with Crippen molar-refractivity contribution in [1.29, 1.82) is 0 Å². The zero-order valence-electron chi connectivity index (χ0n) is 20.7. The molecule has 0 radical (unpaired) electrons. The Morgan fingerprint density at radius 1 is 1.09 bits per heavy atom. The second-order valence-electron chi connectivity index (χ2n) is 11.1. The first-order chi connectivity index (χ1) is 16.4. The quantitative estimate of drug-likeness (QED) is 0.420. The lowest BCUT2D eigenvalue weighted by Gasteiger charge is -2.41. The number of aromatic amines is 1. The molecule has 2 saturated heterocycles. The molecule has 6 heterocycles. The van der Waals surface area contributed by atoms with Crippen molar-refractivity contribution in [3.8, 4) is 11.3 Å². The maximum atomic E-state index is 5.48. The molecule has 7 heteroatoms. The normalized spacial score (nSPS) is 25.4. The van der Waals surface area contributed by atoms with Gasteiger partial charge >= 0.3 is 0 Å². The number of H-pyrrole nitrogens is 1. The lowest BCUT2D eigenvalue weighted by molar-refractivity contribution is -0.0755. The van der Waals surface area contributed by atoms with E-state index in [0.717, 1.165) is 30.8 Å². The van der Waals surface area contributed by atoms with Gasteiger partial charge in [-0.1, -0.05) is 13.8 Å². The van der Waals surface area contributed by atoms with E-state index in [9.17, 15) is 0 Å². The van der Waals surface area contributed by atoms with E-state index in [1.54, 1.807) is 11.2 Å². The van der Waals surface area contributed by atoms with Gasteiger partial charge in [-0.25, -0.2) is 9.50 Å². The standard InChI is InChI=1S/C27H33N5OS/c1-13(2)22-23-16(5)25(20-7-18-6-17(20)8-31(18)19-10-33-11-19)34-27(23)30-24(22)21-9-32-26(28-12-29-32)15(4)14(21)3/h9,12-13,17-20,30H,6-8,10-11H2,1-5H3/t17-,18-,20+/m0/s1. The number of rotatable bonds is 4. The summed E-state index contributed by atoms with van der Waals surface area (Å²) < 4.78 is 7.40. The fraction of sp³-hybridized carbons (Fsp3) is 0.556. The third-order valence-electron chi connectivity index (χ3n) is 8.94. The lowest BCUT2D eigenvalue weighted by Crippen LogP contribution is -2.52. The summed E-state index contributed by atoms with van der Waals surface area (Å²) in [6, 6.07) is 1.43. The molecule has 0 spiro atoms. The van der Waals surface area contributed by atoms with E-state index in [0.29, 0.717) is 17.9 Å². The molecule has 3 atom stereocenters. The molecule has 1 N–H and O–H groups in total. The Morgan fingerprint density at radius 2 is 1.91 bits per heavy atom. The molecule has 3 aliphatic rings. The third kappa shape index (κ3) is 2.80. The van der Waals surface area contributed by atoms with Crippen LogP contribution in [0.25, 0.3) is 27.1 Å². The van der Waals surface area contributed by atoms with Crippen LogP contribution in [-0.2, 0) is 4.74 Å². The maximum absolute atomic E-state index is 5.48. The number of aryl methyl sites for hydroxylation is 2. The largest absolute Gasteiger partial charge is 0.378 e. The zero-order chi connectivity index (χ0) is 23.3. The Hall–Kier alpha value is -2.22. The highest BCUT2D eigenvalue weighted by atomic mass is 32.1. The van der Waals surface area contributed by atoms with Gasteiger partial charge in [-0.15, -0.1) is 11.3 Å². The van der Waals surface area contributed by atoms with Gasteiger partial charge < -0.3 is 9.72 Å². The molecule has 6 nitrogen and oxygen atoms in total. The first-order valence-electron chi connectivity index (χ1n) is 12.7. The number of likely N-dealkylation sites (tertiary alicyclic amines) is 1. The Labute approximate surface area is 204 Å². The third-order valence-corrected chi connectivity index (χ3v) is 10.3. The van der Waals surface area contributed by atoms with E-state index < -0.39 is 0 Å². The summed E-state index contributed by atoms with van der Waals surface area (Å²) in [6.45, 7) is 14.5. The lowest BCUT2D eigenvalue weighted by atomic mass is 9.88. The Balaban J connectivity index is 1.31. The topological polar surface area (TPSA) is 58.5 Å². The molecule has 2 bridgehead atoms. The number of nitrogens with one attached hydrogen (secondary N) is 1. The fourth-order valence-corrected chi connectivity index (χ4v) is 8.45. The molecule has 34 heavy (non-hydrogen) atoms. The van der Waals surface area contributed by atoms with Crippen LogP contribution < -0.4 is 0 Å². The molecule has 4 aromatic heterocycles. The molecule has 1 saturated carbocycles. The highest BCUT2D eigenvalue weighted by Gasteiger charge is 2.49. The van der Waals surface area contributed by atoms with Crippen LogP contribution in [0, 0.1) is 26.7 Å². The van der Waals surface area contributed by atoms with Crippen molar-refractivity contribution in [2.24, 2.45) is 5.92 Å². The molecule has 0 unspecified atom stereocenters. The van der Waals surface area contributed by atoms with Crippen molar-refractivity contribution in [3.05, 3.63) is 39.7 Å². The van der Waals surface area contributed by atoms with E-state index in [-0.39, 0.29) is 0 Å². The number of ether oxygens (including phenoxy) is 1. The molecule has 2 aliphatic heterocycles. The van der Waals surface area contributed by atoms with Crippen molar-refractivity contribution in [2.75, 3.05) is 19.8 Å². The zero-order valence-corrected chi connectivity index (χ0v) is 21.5. The number of hydrogen-bond acceptors (Lipinski definition) is 5. The van der Waals surface area contributed by atoms with E-state index in [1.165, 1.54) is 63.1 Å². The highest BCUT2D eigenvalue weighted by molar-refractivity contribution is 7.19.